The number of aliphatic hydroxyl groups is 1. The molecule has 0 saturated carbocycles. The van der Waals surface area contributed by atoms with Gasteiger partial charge in [0.25, 0.3) is 5.91 Å². The zero-order valence-corrected chi connectivity index (χ0v) is 13.7. The zero-order chi connectivity index (χ0) is 16.4. The Morgan fingerprint density at radius 3 is 2.96 bits per heavy atom. The number of carbonyl (C=O) groups excluding carboxylic acids is 1. The van der Waals surface area contributed by atoms with Crippen molar-refractivity contribution in [1.82, 2.24) is 19.8 Å². The van der Waals surface area contributed by atoms with Gasteiger partial charge in [-0.25, -0.2) is 4.98 Å². The first kappa shape index (κ1) is 16.0. The van der Waals surface area contributed by atoms with Crippen LogP contribution < -0.4 is 0 Å². The molecule has 1 amide bonds. The smallest absolute Gasteiger partial charge is 0.253 e. The van der Waals surface area contributed by atoms with Crippen molar-refractivity contribution in [3.05, 3.63) is 30.1 Å². The maximum Gasteiger partial charge on any atom is 0.253 e. The molecule has 2 N–H and O–H groups in total. The SMILES string of the molecule is CN(C)[C@@H]1CC[C@H](CO)CN(C(=O)c2ccc3nc[nH]c3c2)C1. The number of fused-ring (bicyclic) bond motifs is 1. The second kappa shape index (κ2) is 6.68. The van der Waals surface area contributed by atoms with Crippen molar-refractivity contribution in [2.75, 3.05) is 33.8 Å². The number of amides is 1. The number of H-pyrrole nitrogens is 1. The van der Waals surface area contributed by atoms with E-state index in [1.165, 1.54) is 0 Å². The van der Waals surface area contributed by atoms with Gasteiger partial charge < -0.3 is 19.9 Å². The highest BCUT2D eigenvalue weighted by atomic mass is 16.3. The van der Waals surface area contributed by atoms with Crippen LogP contribution in [0.4, 0.5) is 0 Å². The maximum absolute atomic E-state index is 12.9. The Morgan fingerprint density at radius 1 is 1.39 bits per heavy atom. The van der Waals surface area contributed by atoms with Crippen LogP contribution >= 0.6 is 0 Å². The van der Waals surface area contributed by atoms with E-state index in [0.29, 0.717) is 24.7 Å². The largest absolute Gasteiger partial charge is 0.396 e. The van der Waals surface area contributed by atoms with E-state index in [-0.39, 0.29) is 18.4 Å². The van der Waals surface area contributed by atoms with Crippen molar-refractivity contribution in [3.63, 3.8) is 0 Å². The number of likely N-dealkylation sites (tertiary alicyclic amines) is 1. The van der Waals surface area contributed by atoms with Gasteiger partial charge in [0.05, 0.1) is 17.4 Å². The number of nitrogens with one attached hydrogen (secondary N) is 1. The molecule has 2 heterocycles. The van der Waals surface area contributed by atoms with Gasteiger partial charge >= 0.3 is 0 Å². The lowest BCUT2D eigenvalue weighted by Gasteiger charge is -2.29. The topological polar surface area (TPSA) is 72.5 Å². The number of rotatable bonds is 3. The number of hydrogen-bond acceptors (Lipinski definition) is 4. The molecule has 1 aliphatic rings. The number of carbonyl (C=O) groups is 1. The van der Waals surface area contributed by atoms with Crippen LogP contribution in [-0.2, 0) is 0 Å². The molecule has 6 nitrogen and oxygen atoms in total. The molecule has 1 fully saturated rings. The number of aromatic amines is 1. The lowest BCUT2D eigenvalue weighted by Crippen LogP contribution is -2.42. The fraction of sp³-hybridized carbons (Fsp3) is 0.529. The number of nitrogens with zero attached hydrogens (tertiary/aromatic N) is 3. The van der Waals surface area contributed by atoms with Gasteiger partial charge in [0, 0.05) is 31.3 Å². The molecule has 1 aromatic carbocycles. The van der Waals surface area contributed by atoms with Crippen LogP contribution in [0.25, 0.3) is 11.0 Å². The normalized spacial score (nSPS) is 22.5. The van der Waals surface area contributed by atoms with Crippen LogP contribution in [0.1, 0.15) is 23.2 Å². The monoisotopic (exact) mass is 316 g/mol. The van der Waals surface area contributed by atoms with Gasteiger partial charge in [0.2, 0.25) is 0 Å². The third kappa shape index (κ3) is 3.38. The number of aliphatic hydroxyl groups excluding tert-OH is 1. The molecule has 3 rings (SSSR count). The average Bonchev–Trinajstić information content (AvgIpc) is 2.90. The second-order valence-corrected chi connectivity index (χ2v) is 6.59. The summed E-state index contributed by atoms with van der Waals surface area (Å²) in [4.78, 5) is 24.2. The number of hydrogen-bond donors (Lipinski definition) is 2. The van der Waals surface area contributed by atoms with E-state index < -0.39 is 0 Å². The summed E-state index contributed by atoms with van der Waals surface area (Å²) in [6.07, 6.45) is 3.58. The van der Waals surface area contributed by atoms with Crippen molar-refractivity contribution >= 4 is 16.9 Å². The van der Waals surface area contributed by atoms with Gasteiger partial charge in [-0.3, -0.25) is 4.79 Å². The van der Waals surface area contributed by atoms with Crippen molar-refractivity contribution < 1.29 is 9.90 Å². The van der Waals surface area contributed by atoms with E-state index in [2.05, 4.69) is 14.9 Å². The van der Waals surface area contributed by atoms with Gasteiger partial charge in [0.1, 0.15) is 0 Å². The van der Waals surface area contributed by atoms with E-state index in [9.17, 15) is 9.90 Å². The summed E-state index contributed by atoms with van der Waals surface area (Å²) in [6.45, 7) is 1.44. The van der Waals surface area contributed by atoms with Crippen LogP contribution in [0.15, 0.2) is 24.5 Å². The Hall–Kier alpha value is -1.92. The fourth-order valence-corrected chi connectivity index (χ4v) is 3.24. The first-order valence-electron chi connectivity index (χ1n) is 8.08. The number of imidazole rings is 1. The van der Waals surface area contributed by atoms with E-state index in [1.807, 2.05) is 37.2 Å². The average molecular weight is 316 g/mol. The van der Waals surface area contributed by atoms with Gasteiger partial charge in [-0.15, -0.1) is 0 Å². The van der Waals surface area contributed by atoms with Gasteiger partial charge in [-0.1, -0.05) is 0 Å². The molecule has 0 aliphatic carbocycles. The quantitative estimate of drug-likeness (QED) is 0.896. The maximum atomic E-state index is 12.9. The highest BCUT2D eigenvalue weighted by Crippen LogP contribution is 2.21. The molecule has 23 heavy (non-hydrogen) atoms. The minimum atomic E-state index is 0.0219. The lowest BCUT2D eigenvalue weighted by atomic mass is 10.0. The lowest BCUT2D eigenvalue weighted by molar-refractivity contribution is 0.0689. The van der Waals surface area contributed by atoms with Crippen LogP contribution in [-0.4, -0.2) is 70.6 Å². The summed E-state index contributed by atoms with van der Waals surface area (Å²) in [5.74, 6) is 0.175. The summed E-state index contributed by atoms with van der Waals surface area (Å²) in [5, 5.41) is 9.56. The number of benzene rings is 1. The van der Waals surface area contributed by atoms with Crippen molar-refractivity contribution in [2.45, 2.75) is 18.9 Å². The summed E-state index contributed by atoms with van der Waals surface area (Å²) >= 11 is 0. The van der Waals surface area contributed by atoms with Crippen LogP contribution in [0.3, 0.4) is 0 Å². The third-order valence-electron chi connectivity index (χ3n) is 4.76. The predicted molar refractivity (Wildman–Crippen MR) is 89.3 cm³/mol. The molecule has 1 aromatic heterocycles. The summed E-state index contributed by atoms with van der Waals surface area (Å²) in [7, 11) is 4.09. The van der Waals surface area contributed by atoms with Crippen molar-refractivity contribution in [2.24, 2.45) is 5.92 Å². The third-order valence-corrected chi connectivity index (χ3v) is 4.76. The molecule has 0 unspecified atom stereocenters. The summed E-state index contributed by atoms with van der Waals surface area (Å²) in [6, 6.07) is 5.87. The van der Waals surface area contributed by atoms with Gasteiger partial charge in [-0.05, 0) is 51.1 Å². The molecule has 0 radical (unpaired) electrons. The van der Waals surface area contributed by atoms with E-state index >= 15 is 0 Å². The number of aromatic nitrogens is 2. The first-order valence-corrected chi connectivity index (χ1v) is 8.08. The predicted octanol–water partition coefficient (Wildman–Crippen LogP) is 1.34. The molecule has 0 bridgehead atoms. The van der Waals surface area contributed by atoms with Crippen LogP contribution in [0, 0.1) is 5.92 Å². The molecular formula is C17H24N4O2. The second-order valence-electron chi connectivity index (χ2n) is 6.59. The fourth-order valence-electron chi connectivity index (χ4n) is 3.24. The standard InChI is InChI=1S/C17H24N4O2/c1-20(2)14-5-3-12(10-22)8-21(9-14)17(23)13-4-6-15-16(7-13)19-11-18-15/h4,6-7,11-12,14,22H,3,5,8-10H2,1-2H3,(H,18,19)/t12-,14+/m0/s1. The minimum Gasteiger partial charge on any atom is -0.396 e. The van der Waals surface area contributed by atoms with Crippen LogP contribution in [0.2, 0.25) is 0 Å². The molecule has 2 atom stereocenters. The molecule has 6 heteroatoms. The van der Waals surface area contributed by atoms with Crippen molar-refractivity contribution in [1.29, 1.82) is 0 Å². The van der Waals surface area contributed by atoms with Crippen LogP contribution in [0.5, 0.6) is 0 Å². The van der Waals surface area contributed by atoms with E-state index in [4.69, 9.17) is 0 Å². The van der Waals surface area contributed by atoms with Gasteiger partial charge in [0.15, 0.2) is 0 Å². The Labute approximate surface area is 136 Å². The van der Waals surface area contributed by atoms with E-state index in [0.717, 1.165) is 23.9 Å². The Morgan fingerprint density at radius 2 is 2.22 bits per heavy atom. The zero-order valence-electron chi connectivity index (χ0n) is 13.7. The Bertz CT molecular complexity index is 682. The Balaban J connectivity index is 1.85. The first-order chi connectivity index (χ1) is 11.1. The summed E-state index contributed by atoms with van der Waals surface area (Å²) < 4.78 is 0. The van der Waals surface area contributed by atoms with Gasteiger partial charge in [-0.2, -0.15) is 0 Å². The van der Waals surface area contributed by atoms with Crippen molar-refractivity contribution in [3.8, 4) is 0 Å². The molecular weight excluding hydrogens is 292 g/mol. The van der Waals surface area contributed by atoms with E-state index in [1.54, 1.807) is 6.33 Å². The number of likely N-dealkylation sites (N-methyl/N-ethyl adjacent to an activating group) is 1. The molecule has 1 aliphatic heterocycles. The highest BCUT2D eigenvalue weighted by molar-refractivity contribution is 5.97. The molecule has 124 valence electrons. The highest BCUT2D eigenvalue weighted by Gasteiger charge is 2.28. The minimum absolute atomic E-state index is 0.0219. The Kier molecular flexibility index (Phi) is 4.63. The molecule has 0 spiro atoms. The summed E-state index contributed by atoms with van der Waals surface area (Å²) in [5.41, 5.74) is 2.39. The molecule has 1 saturated heterocycles. The molecule has 2 aromatic rings.